The van der Waals surface area contributed by atoms with E-state index >= 15 is 0 Å². The molecule has 0 fully saturated rings. The maximum absolute atomic E-state index is 12.9. The highest BCUT2D eigenvalue weighted by Gasteiger charge is 2.23. The minimum Gasteiger partial charge on any atom is -0.394 e. The third-order valence-corrected chi connectivity index (χ3v) is 4.70. The van der Waals surface area contributed by atoms with Gasteiger partial charge in [0.05, 0.1) is 5.75 Å². The van der Waals surface area contributed by atoms with E-state index in [0.29, 0.717) is 16.3 Å². The Bertz CT molecular complexity index is 941. The minimum absolute atomic E-state index is 0.101. The number of nitrogens with zero attached hydrogens (tertiary/aromatic N) is 2. The molecule has 1 aromatic heterocycles. The molecule has 0 aliphatic heterocycles. The number of rotatable bonds is 5. The molecule has 0 saturated heterocycles. The fraction of sp³-hybridized carbons (Fsp3) is 0.0667. The Labute approximate surface area is 142 Å². The first kappa shape index (κ1) is 16.4. The van der Waals surface area contributed by atoms with E-state index in [1.807, 2.05) is 0 Å². The van der Waals surface area contributed by atoms with Crippen molar-refractivity contribution in [3.63, 3.8) is 0 Å². The highest BCUT2D eigenvalue weighted by Crippen LogP contribution is 2.21. The molecule has 0 aliphatic rings. The van der Waals surface area contributed by atoms with Crippen LogP contribution < -0.4 is 5.32 Å². The van der Waals surface area contributed by atoms with Crippen LogP contribution in [0.2, 0.25) is 5.02 Å². The van der Waals surface area contributed by atoms with Crippen molar-refractivity contribution in [1.29, 1.82) is 0 Å². The molecule has 0 saturated carbocycles. The summed E-state index contributed by atoms with van der Waals surface area (Å²) in [6, 6.07) is 11.7. The summed E-state index contributed by atoms with van der Waals surface area (Å²) in [4.78, 5) is 0. The molecule has 0 amide bonds. The van der Waals surface area contributed by atoms with E-state index in [4.69, 9.17) is 16.0 Å². The molecule has 9 heteroatoms. The first-order chi connectivity index (χ1) is 11.4. The summed E-state index contributed by atoms with van der Waals surface area (Å²) in [5.74, 6) is -0.681. The molecule has 0 bridgehead atoms. The topological polar surface area (TPSA) is 85.1 Å². The van der Waals surface area contributed by atoms with Crippen LogP contribution in [-0.2, 0) is 15.6 Å². The third kappa shape index (κ3) is 3.90. The quantitative estimate of drug-likeness (QED) is 0.741. The predicted octanol–water partition coefficient (Wildman–Crippen LogP) is 3.58. The molecule has 1 heterocycles. The van der Waals surface area contributed by atoms with Crippen LogP contribution in [0.1, 0.15) is 5.56 Å². The molecule has 124 valence electrons. The van der Waals surface area contributed by atoms with Crippen LogP contribution in [0.3, 0.4) is 0 Å². The number of aromatic nitrogens is 2. The van der Waals surface area contributed by atoms with Gasteiger partial charge in [0.15, 0.2) is 0 Å². The van der Waals surface area contributed by atoms with Gasteiger partial charge in [0, 0.05) is 10.7 Å². The summed E-state index contributed by atoms with van der Waals surface area (Å²) in [5, 5.41) is 9.90. The van der Waals surface area contributed by atoms with Crippen molar-refractivity contribution in [2.75, 3.05) is 5.32 Å². The van der Waals surface area contributed by atoms with Crippen molar-refractivity contribution in [3.05, 3.63) is 64.9 Å². The average molecular weight is 368 g/mol. The molecule has 0 radical (unpaired) electrons. The van der Waals surface area contributed by atoms with Gasteiger partial charge in [-0.25, -0.2) is 12.8 Å². The van der Waals surface area contributed by atoms with E-state index in [1.165, 1.54) is 24.3 Å². The summed E-state index contributed by atoms with van der Waals surface area (Å²) >= 11 is 5.77. The molecule has 3 rings (SSSR count). The van der Waals surface area contributed by atoms with E-state index < -0.39 is 20.9 Å². The Kier molecular flexibility index (Phi) is 4.50. The van der Waals surface area contributed by atoms with Crippen LogP contribution in [-0.4, -0.2) is 18.6 Å². The van der Waals surface area contributed by atoms with Gasteiger partial charge in [-0.15, -0.1) is 0 Å². The molecule has 1 N–H and O–H groups in total. The monoisotopic (exact) mass is 367 g/mol. The molecule has 0 spiro atoms. The number of hydrogen-bond donors (Lipinski definition) is 1. The van der Waals surface area contributed by atoms with Crippen molar-refractivity contribution in [2.24, 2.45) is 0 Å². The van der Waals surface area contributed by atoms with Crippen LogP contribution in [0.15, 0.2) is 58.2 Å². The molecule has 6 nitrogen and oxygen atoms in total. The highest BCUT2D eigenvalue weighted by atomic mass is 35.5. The van der Waals surface area contributed by atoms with E-state index in [9.17, 15) is 12.8 Å². The molecular formula is C15H11ClFN3O3S. The van der Waals surface area contributed by atoms with E-state index in [2.05, 4.69) is 15.5 Å². The van der Waals surface area contributed by atoms with Crippen LogP contribution >= 0.6 is 11.6 Å². The number of anilines is 2. The lowest BCUT2D eigenvalue weighted by Gasteiger charge is -2.01. The van der Waals surface area contributed by atoms with Crippen molar-refractivity contribution in [1.82, 2.24) is 10.2 Å². The van der Waals surface area contributed by atoms with E-state index in [0.717, 1.165) is 0 Å². The van der Waals surface area contributed by atoms with Gasteiger partial charge in [-0.3, -0.25) is 0 Å². The second-order valence-corrected chi connectivity index (χ2v) is 7.19. The number of halogens is 2. The normalized spacial score (nSPS) is 11.4. The molecular weight excluding hydrogens is 357 g/mol. The van der Waals surface area contributed by atoms with Crippen molar-refractivity contribution < 1.29 is 17.2 Å². The van der Waals surface area contributed by atoms with Gasteiger partial charge in [0.2, 0.25) is 9.84 Å². The Morgan fingerprint density at radius 2 is 1.71 bits per heavy atom. The summed E-state index contributed by atoms with van der Waals surface area (Å²) in [5.41, 5.74) is 1.03. The zero-order valence-corrected chi connectivity index (χ0v) is 13.7. The third-order valence-electron chi connectivity index (χ3n) is 3.04. The largest absolute Gasteiger partial charge is 0.394 e. The van der Waals surface area contributed by atoms with Crippen LogP contribution in [0, 0.1) is 5.82 Å². The SMILES string of the molecule is O=S(=O)(Cc1ccc(Cl)cc1)c1nnc(Nc2ccc(F)cc2)o1. The van der Waals surface area contributed by atoms with Crippen LogP contribution in [0.4, 0.5) is 16.1 Å². The molecule has 24 heavy (non-hydrogen) atoms. The lowest BCUT2D eigenvalue weighted by molar-refractivity contribution is 0.442. The molecule has 3 aromatic rings. The molecule has 0 aliphatic carbocycles. The Morgan fingerprint density at radius 3 is 2.38 bits per heavy atom. The maximum Gasteiger partial charge on any atom is 0.337 e. The molecule has 0 atom stereocenters. The zero-order chi connectivity index (χ0) is 17.2. The number of benzene rings is 2. The van der Waals surface area contributed by atoms with Gasteiger partial charge < -0.3 is 9.73 Å². The first-order valence-corrected chi connectivity index (χ1v) is 8.79. The summed E-state index contributed by atoms with van der Waals surface area (Å²) < 4.78 is 42.6. The van der Waals surface area contributed by atoms with Gasteiger partial charge in [-0.05, 0) is 42.0 Å². The van der Waals surface area contributed by atoms with E-state index in [-0.39, 0.29) is 11.8 Å². The Hall–Kier alpha value is -2.45. The number of hydrogen-bond acceptors (Lipinski definition) is 6. The van der Waals surface area contributed by atoms with Crippen molar-refractivity contribution in [2.45, 2.75) is 11.0 Å². The first-order valence-electron chi connectivity index (χ1n) is 6.76. The second kappa shape index (κ2) is 6.58. The van der Waals surface area contributed by atoms with Gasteiger partial charge in [0.1, 0.15) is 5.82 Å². The molecule has 2 aromatic carbocycles. The Morgan fingerprint density at radius 1 is 1.04 bits per heavy atom. The van der Waals surface area contributed by atoms with Gasteiger partial charge in [-0.2, -0.15) is 0 Å². The van der Waals surface area contributed by atoms with Crippen LogP contribution in [0.5, 0.6) is 0 Å². The van der Waals surface area contributed by atoms with E-state index in [1.54, 1.807) is 24.3 Å². The second-order valence-electron chi connectivity index (χ2n) is 4.89. The Balaban J connectivity index is 1.76. The summed E-state index contributed by atoms with van der Waals surface area (Å²) in [6.45, 7) is 0. The van der Waals surface area contributed by atoms with Gasteiger partial charge >= 0.3 is 11.2 Å². The smallest absolute Gasteiger partial charge is 0.337 e. The number of sulfone groups is 1. The fourth-order valence-electron chi connectivity index (χ4n) is 1.90. The molecule has 0 unspecified atom stereocenters. The maximum atomic E-state index is 12.9. The van der Waals surface area contributed by atoms with Crippen molar-refractivity contribution in [3.8, 4) is 0 Å². The summed E-state index contributed by atoms with van der Waals surface area (Å²) in [7, 11) is -3.79. The standard InChI is InChI=1S/C15H11ClFN3O3S/c16-11-3-1-10(2-4-11)9-24(21,22)15-20-19-14(23-15)18-13-7-5-12(17)6-8-13/h1-8H,9H2,(H,18,19). The average Bonchev–Trinajstić information content (AvgIpc) is 3.01. The lowest BCUT2D eigenvalue weighted by Crippen LogP contribution is -2.05. The minimum atomic E-state index is -3.79. The van der Waals surface area contributed by atoms with Gasteiger partial charge in [-0.1, -0.05) is 33.9 Å². The lowest BCUT2D eigenvalue weighted by atomic mass is 10.2. The van der Waals surface area contributed by atoms with Crippen molar-refractivity contribution >= 4 is 33.1 Å². The predicted molar refractivity (Wildman–Crippen MR) is 86.3 cm³/mol. The highest BCUT2D eigenvalue weighted by molar-refractivity contribution is 7.90. The zero-order valence-electron chi connectivity index (χ0n) is 12.1. The fourth-order valence-corrected chi connectivity index (χ4v) is 3.16. The van der Waals surface area contributed by atoms with Gasteiger partial charge in [0.25, 0.3) is 0 Å². The van der Waals surface area contributed by atoms with Crippen LogP contribution in [0.25, 0.3) is 0 Å². The summed E-state index contributed by atoms with van der Waals surface area (Å²) in [6.07, 6.45) is 0. The number of nitrogens with one attached hydrogen (secondary N) is 1.